The van der Waals surface area contributed by atoms with E-state index in [0.29, 0.717) is 24.6 Å². The lowest BCUT2D eigenvalue weighted by molar-refractivity contribution is 0.0746. The Balaban J connectivity index is 1.41. The van der Waals surface area contributed by atoms with E-state index >= 15 is 0 Å². The summed E-state index contributed by atoms with van der Waals surface area (Å²) in [4.78, 5) is 30.4. The van der Waals surface area contributed by atoms with Crippen molar-refractivity contribution >= 4 is 11.7 Å². The Bertz CT molecular complexity index is 973. The summed E-state index contributed by atoms with van der Waals surface area (Å²) in [6.45, 7) is 9.12. The Labute approximate surface area is 171 Å². The number of aromatic nitrogens is 4. The first-order chi connectivity index (χ1) is 14.0. The molecule has 3 heterocycles. The molecule has 1 aliphatic heterocycles. The second kappa shape index (κ2) is 8.03. The second-order valence-electron chi connectivity index (χ2n) is 7.68. The van der Waals surface area contributed by atoms with E-state index in [9.17, 15) is 4.79 Å². The third-order valence-electron chi connectivity index (χ3n) is 5.18. The Morgan fingerprint density at radius 2 is 1.76 bits per heavy atom. The smallest absolute Gasteiger partial charge is 0.253 e. The number of aryl methyl sites for hydroxylation is 1. The predicted octanol–water partition coefficient (Wildman–Crippen LogP) is 3.06. The first kappa shape index (κ1) is 19.1. The van der Waals surface area contributed by atoms with Gasteiger partial charge in [0.15, 0.2) is 0 Å². The zero-order valence-electron chi connectivity index (χ0n) is 17.1. The molecule has 7 heteroatoms. The van der Waals surface area contributed by atoms with Crippen molar-refractivity contribution in [1.29, 1.82) is 0 Å². The number of amides is 1. The SMILES string of the molecule is Cc1cc(N2CCN(C(=O)c3ccc(-n4ccnc4)cc3)CC2)nc(C(C)C)n1. The van der Waals surface area contributed by atoms with Crippen LogP contribution in [0, 0.1) is 6.92 Å². The fourth-order valence-electron chi connectivity index (χ4n) is 3.50. The molecule has 2 aromatic heterocycles. The van der Waals surface area contributed by atoms with Crippen LogP contribution in [0.2, 0.25) is 0 Å². The number of anilines is 1. The van der Waals surface area contributed by atoms with Gasteiger partial charge in [-0.05, 0) is 31.2 Å². The molecule has 0 unspecified atom stereocenters. The molecular weight excluding hydrogens is 364 g/mol. The molecule has 3 aromatic rings. The molecule has 0 radical (unpaired) electrons. The summed E-state index contributed by atoms with van der Waals surface area (Å²) in [5, 5.41) is 0. The van der Waals surface area contributed by atoms with Gasteiger partial charge in [-0.1, -0.05) is 13.8 Å². The summed E-state index contributed by atoms with van der Waals surface area (Å²) in [5.74, 6) is 2.19. The molecular formula is C22H26N6O. The van der Waals surface area contributed by atoms with Gasteiger partial charge >= 0.3 is 0 Å². The molecule has 0 aliphatic carbocycles. The first-order valence-corrected chi connectivity index (χ1v) is 9.99. The van der Waals surface area contributed by atoms with E-state index in [0.717, 1.165) is 36.1 Å². The minimum atomic E-state index is 0.0727. The number of carbonyl (C=O) groups is 1. The average molecular weight is 390 g/mol. The van der Waals surface area contributed by atoms with Crippen molar-refractivity contribution in [2.45, 2.75) is 26.7 Å². The van der Waals surface area contributed by atoms with Crippen LogP contribution in [-0.2, 0) is 0 Å². The summed E-state index contributed by atoms with van der Waals surface area (Å²) >= 11 is 0. The summed E-state index contributed by atoms with van der Waals surface area (Å²) < 4.78 is 1.92. The van der Waals surface area contributed by atoms with Gasteiger partial charge < -0.3 is 14.4 Å². The standard InChI is InChI=1S/C22H26N6O/c1-16(2)21-24-17(3)14-20(25-21)26-10-12-27(13-11-26)22(29)18-4-6-19(7-5-18)28-9-8-23-15-28/h4-9,14-16H,10-13H2,1-3H3. The second-order valence-corrected chi connectivity index (χ2v) is 7.68. The van der Waals surface area contributed by atoms with Crippen LogP contribution in [0.25, 0.3) is 5.69 Å². The maximum absolute atomic E-state index is 12.9. The highest BCUT2D eigenvalue weighted by Gasteiger charge is 2.23. The van der Waals surface area contributed by atoms with E-state index in [1.807, 2.05) is 52.9 Å². The van der Waals surface area contributed by atoms with Crippen LogP contribution < -0.4 is 4.90 Å². The fraction of sp³-hybridized carbons (Fsp3) is 0.364. The van der Waals surface area contributed by atoms with Gasteiger partial charge in [0.25, 0.3) is 5.91 Å². The van der Waals surface area contributed by atoms with E-state index < -0.39 is 0 Å². The molecule has 1 amide bonds. The molecule has 1 aliphatic rings. The molecule has 29 heavy (non-hydrogen) atoms. The van der Waals surface area contributed by atoms with Crippen molar-refractivity contribution in [2.75, 3.05) is 31.1 Å². The van der Waals surface area contributed by atoms with Gasteiger partial charge in [-0.2, -0.15) is 0 Å². The van der Waals surface area contributed by atoms with Gasteiger partial charge in [-0.15, -0.1) is 0 Å². The van der Waals surface area contributed by atoms with Gasteiger partial charge in [0.2, 0.25) is 0 Å². The number of imidazole rings is 1. The highest BCUT2D eigenvalue weighted by molar-refractivity contribution is 5.94. The number of benzene rings is 1. The average Bonchev–Trinajstić information content (AvgIpc) is 3.28. The number of hydrogen-bond donors (Lipinski definition) is 0. The lowest BCUT2D eigenvalue weighted by Crippen LogP contribution is -2.49. The zero-order chi connectivity index (χ0) is 20.4. The van der Waals surface area contributed by atoms with E-state index in [1.165, 1.54) is 0 Å². The van der Waals surface area contributed by atoms with E-state index in [-0.39, 0.29) is 5.91 Å². The van der Waals surface area contributed by atoms with E-state index in [4.69, 9.17) is 4.98 Å². The monoisotopic (exact) mass is 390 g/mol. The van der Waals surface area contributed by atoms with Crippen LogP contribution in [0.15, 0.2) is 49.1 Å². The minimum Gasteiger partial charge on any atom is -0.353 e. The van der Waals surface area contributed by atoms with Crippen molar-refractivity contribution < 1.29 is 4.79 Å². The summed E-state index contributed by atoms with van der Waals surface area (Å²) in [5.41, 5.74) is 2.68. The topological polar surface area (TPSA) is 67.2 Å². The van der Waals surface area contributed by atoms with Crippen molar-refractivity contribution in [1.82, 2.24) is 24.4 Å². The largest absolute Gasteiger partial charge is 0.353 e. The summed E-state index contributed by atoms with van der Waals surface area (Å²) in [7, 11) is 0. The molecule has 0 N–H and O–H groups in total. The number of carbonyl (C=O) groups excluding carboxylic acids is 1. The van der Waals surface area contributed by atoms with Crippen molar-refractivity contribution in [3.63, 3.8) is 0 Å². The summed E-state index contributed by atoms with van der Waals surface area (Å²) in [6.07, 6.45) is 5.37. The molecule has 150 valence electrons. The highest BCUT2D eigenvalue weighted by Crippen LogP contribution is 2.20. The fourth-order valence-corrected chi connectivity index (χ4v) is 3.50. The van der Waals surface area contributed by atoms with Crippen LogP contribution in [0.5, 0.6) is 0 Å². The van der Waals surface area contributed by atoms with Crippen LogP contribution in [0.3, 0.4) is 0 Å². The van der Waals surface area contributed by atoms with Gasteiger partial charge in [0.1, 0.15) is 11.6 Å². The van der Waals surface area contributed by atoms with Crippen LogP contribution in [-0.4, -0.2) is 56.5 Å². The lowest BCUT2D eigenvalue weighted by Gasteiger charge is -2.35. The highest BCUT2D eigenvalue weighted by atomic mass is 16.2. The minimum absolute atomic E-state index is 0.0727. The molecule has 1 saturated heterocycles. The lowest BCUT2D eigenvalue weighted by atomic mass is 10.1. The van der Waals surface area contributed by atoms with E-state index in [2.05, 4.69) is 28.7 Å². The maximum Gasteiger partial charge on any atom is 0.253 e. The van der Waals surface area contributed by atoms with Crippen molar-refractivity contribution in [3.05, 3.63) is 66.1 Å². The van der Waals surface area contributed by atoms with E-state index in [1.54, 1.807) is 12.5 Å². The van der Waals surface area contributed by atoms with Crippen LogP contribution >= 0.6 is 0 Å². The predicted molar refractivity (Wildman–Crippen MR) is 113 cm³/mol. The molecule has 1 fully saturated rings. The molecule has 4 rings (SSSR count). The van der Waals surface area contributed by atoms with Crippen LogP contribution in [0.1, 0.15) is 41.6 Å². The normalized spacial score (nSPS) is 14.5. The molecule has 0 atom stereocenters. The number of hydrogen-bond acceptors (Lipinski definition) is 5. The zero-order valence-corrected chi connectivity index (χ0v) is 17.1. The van der Waals surface area contributed by atoms with Gasteiger partial charge in [-0.3, -0.25) is 4.79 Å². The third-order valence-corrected chi connectivity index (χ3v) is 5.18. The summed E-state index contributed by atoms with van der Waals surface area (Å²) in [6, 6.07) is 9.68. The molecule has 7 nitrogen and oxygen atoms in total. The molecule has 0 saturated carbocycles. The molecule has 0 bridgehead atoms. The van der Waals surface area contributed by atoms with Crippen LogP contribution in [0.4, 0.5) is 5.82 Å². The number of nitrogens with zero attached hydrogens (tertiary/aromatic N) is 6. The molecule has 0 spiro atoms. The Hall–Kier alpha value is -3.22. The molecule has 1 aromatic carbocycles. The first-order valence-electron chi connectivity index (χ1n) is 9.99. The maximum atomic E-state index is 12.9. The number of rotatable bonds is 4. The van der Waals surface area contributed by atoms with Crippen molar-refractivity contribution in [2.24, 2.45) is 0 Å². The van der Waals surface area contributed by atoms with Crippen molar-refractivity contribution in [3.8, 4) is 5.69 Å². The quantitative estimate of drug-likeness (QED) is 0.685. The Kier molecular flexibility index (Phi) is 5.29. The number of piperazine rings is 1. The third kappa shape index (κ3) is 4.13. The Morgan fingerprint density at radius 1 is 1.03 bits per heavy atom. The van der Waals surface area contributed by atoms with Gasteiger partial charge in [-0.25, -0.2) is 15.0 Å². The van der Waals surface area contributed by atoms with Gasteiger partial charge in [0.05, 0.1) is 6.33 Å². The Morgan fingerprint density at radius 3 is 2.38 bits per heavy atom. The van der Waals surface area contributed by atoms with Gasteiger partial charge in [0, 0.05) is 67.5 Å².